The van der Waals surface area contributed by atoms with Crippen LogP contribution >= 0.6 is 7.82 Å². The number of hydrogen-bond acceptors (Lipinski definition) is 7. The molecule has 2 unspecified atom stereocenters. The normalized spacial score (nSPS) is 17.1. The van der Waals surface area contributed by atoms with Crippen molar-refractivity contribution in [1.82, 2.24) is 0 Å². The average Bonchev–Trinajstić information content (AvgIpc) is 3.75. The fourth-order valence-electron chi connectivity index (χ4n) is 5.50. The minimum absolute atomic E-state index is 0.193. The molecule has 0 aromatic heterocycles. The second-order valence-electron chi connectivity index (χ2n) is 13.4. The third-order valence-electron chi connectivity index (χ3n) is 8.39. The van der Waals surface area contributed by atoms with Crippen molar-refractivity contribution in [3.63, 3.8) is 0 Å². The average molecular weight is 675 g/mol. The Labute approximate surface area is 280 Å². The van der Waals surface area contributed by atoms with E-state index in [1.165, 1.54) is 70.6 Å². The van der Waals surface area contributed by atoms with E-state index in [-0.39, 0.29) is 19.4 Å². The molecule has 46 heavy (non-hydrogen) atoms. The van der Waals surface area contributed by atoms with Crippen LogP contribution in [0.5, 0.6) is 0 Å². The Bertz CT molecular complexity index is 841. The van der Waals surface area contributed by atoms with Crippen molar-refractivity contribution in [2.45, 2.75) is 187 Å². The molecule has 0 amide bonds. The summed E-state index contributed by atoms with van der Waals surface area (Å²) in [6, 6.07) is 0. The highest BCUT2D eigenvalue weighted by Gasteiger charge is 2.36. The molecule has 10 heteroatoms. The van der Waals surface area contributed by atoms with Gasteiger partial charge in [0, 0.05) is 12.8 Å². The van der Waals surface area contributed by atoms with E-state index >= 15 is 0 Å². The number of epoxide rings is 1. The summed E-state index contributed by atoms with van der Waals surface area (Å²) >= 11 is 0. The molecule has 9 nitrogen and oxygen atoms in total. The van der Waals surface area contributed by atoms with Crippen molar-refractivity contribution in [2.24, 2.45) is 5.92 Å². The summed E-state index contributed by atoms with van der Waals surface area (Å²) in [6.07, 6.45) is 28.3. The van der Waals surface area contributed by atoms with Gasteiger partial charge in [-0.3, -0.25) is 14.1 Å². The first-order chi connectivity index (χ1) is 22.1. The van der Waals surface area contributed by atoms with E-state index in [0.29, 0.717) is 18.6 Å². The molecular formula is C36H67O9P. The van der Waals surface area contributed by atoms with E-state index in [9.17, 15) is 14.2 Å². The second kappa shape index (κ2) is 27.7. The number of carbonyl (C=O) groups is 2. The van der Waals surface area contributed by atoms with E-state index in [2.05, 4.69) is 37.4 Å². The largest absolute Gasteiger partial charge is 0.469 e. The minimum Gasteiger partial charge on any atom is -0.462 e. The molecule has 270 valence electrons. The standard InChI is InChI=1S/C36H67O9P/c1-4-5-19-25-33-34(45-33)26-21-16-12-9-10-14-18-23-28-36(38)44-32(30-43-46(39,40)41)29-42-35(37)27-22-17-13-8-6-7-11-15-20-24-31(2)3/h16,21,31-34H,4-15,17-20,22-30H2,1-3H3,(H2,39,40,41)/b21-16-/t32-,33?,34?/m1/s1. The summed E-state index contributed by atoms with van der Waals surface area (Å²) in [5.74, 6) is -0.117. The Morgan fingerprint density at radius 2 is 1.33 bits per heavy atom. The lowest BCUT2D eigenvalue weighted by Gasteiger charge is -2.18. The van der Waals surface area contributed by atoms with Crippen molar-refractivity contribution >= 4 is 19.8 Å². The third-order valence-corrected chi connectivity index (χ3v) is 8.87. The lowest BCUT2D eigenvalue weighted by molar-refractivity contribution is -0.161. The zero-order valence-corrected chi connectivity index (χ0v) is 30.2. The lowest BCUT2D eigenvalue weighted by Crippen LogP contribution is -2.29. The summed E-state index contributed by atoms with van der Waals surface area (Å²) in [7, 11) is -4.75. The van der Waals surface area contributed by atoms with Gasteiger partial charge in [0.1, 0.15) is 6.61 Å². The van der Waals surface area contributed by atoms with Crippen LogP contribution in [0.4, 0.5) is 0 Å². The summed E-state index contributed by atoms with van der Waals surface area (Å²) in [4.78, 5) is 42.7. The van der Waals surface area contributed by atoms with Crippen LogP contribution in [0.25, 0.3) is 0 Å². The lowest BCUT2D eigenvalue weighted by atomic mass is 10.0. The number of unbranched alkanes of at least 4 members (excludes halogenated alkanes) is 15. The van der Waals surface area contributed by atoms with E-state index in [0.717, 1.165) is 63.7 Å². The maximum atomic E-state index is 12.4. The van der Waals surface area contributed by atoms with E-state index in [1.807, 2.05) is 0 Å². The molecule has 0 aromatic rings. The van der Waals surface area contributed by atoms with Gasteiger partial charge < -0.3 is 24.0 Å². The van der Waals surface area contributed by atoms with Crippen LogP contribution in [-0.4, -0.2) is 53.3 Å². The molecule has 0 radical (unpaired) electrons. The number of hydrogen-bond donors (Lipinski definition) is 2. The maximum absolute atomic E-state index is 12.4. The van der Waals surface area contributed by atoms with Crippen LogP contribution in [0, 0.1) is 5.92 Å². The van der Waals surface area contributed by atoms with Gasteiger partial charge in [0.2, 0.25) is 0 Å². The number of phosphoric acid groups is 1. The molecule has 0 aromatic carbocycles. The number of carbonyl (C=O) groups excluding carboxylic acids is 2. The first-order valence-electron chi connectivity index (χ1n) is 18.5. The SMILES string of the molecule is CCCCCC1OC1C/C=C\CCCCCCCC(=O)O[C@H](COC(=O)CCCCCCCCCCCC(C)C)COP(=O)(O)O. The van der Waals surface area contributed by atoms with Gasteiger partial charge in [-0.2, -0.15) is 0 Å². The number of esters is 2. The molecule has 1 fully saturated rings. The van der Waals surface area contributed by atoms with Gasteiger partial charge in [0.05, 0.1) is 18.8 Å². The van der Waals surface area contributed by atoms with Crippen LogP contribution in [0.1, 0.15) is 168 Å². The molecule has 0 spiro atoms. The van der Waals surface area contributed by atoms with Gasteiger partial charge in [-0.25, -0.2) is 4.57 Å². The van der Waals surface area contributed by atoms with Gasteiger partial charge in [-0.1, -0.05) is 129 Å². The predicted molar refractivity (Wildman–Crippen MR) is 183 cm³/mol. The van der Waals surface area contributed by atoms with Crippen LogP contribution in [0.15, 0.2) is 12.2 Å². The molecule has 2 N–H and O–H groups in total. The topological polar surface area (TPSA) is 132 Å². The van der Waals surface area contributed by atoms with Crippen molar-refractivity contribution < 1.29 is 42.7 Å². The van der Waals surface area contributed by atoms with Gasteiger partial charge in [-0.15, -0.1) is 0 Å². The summed E-state index contributed by atoms with van der Waals surface area (Å²) in [6.45, 7) is 5.92. The molecule has 3 atom stereocenters. The third kappa shape index (κ3) is 27.8. The highest BCUT2D eigenvalue weighted by atomic mass is 31.2. The summed E-state index contributed by atoms with van der Waals surface area (Å²) in [5.41, 5.74) is 0. The summed E-state index contributed by atoms with van der Waals surface area (Å²) in [5, 5.41) is 0. The van der Waals surface area contributed by atoms with Crippen LogP contribution in [-0.2, 0) is 32.9 Å². The molecular weight excluding hydrogens is 607 g/mol. The van der Waals surface area contributed by atoms with Gasteiger partial charge in [0.15, 0.2) is 6.10 Å². The first kappa shape index (κ1) is 42.8. The van der Waals surface area contributed by atoms with E-state index < -0.39 is 32.5 Å². The van der Waals surface area contributed by atoms with Crippen molar-refractivity contribution in [3.05, 3.63) is 12.2 Å². The Balaban J connectivity index is 2.10. The van der Waals surface area contributed by atoms with E-state index in [1.54, 1.807) is 0 Å². The molecule has 0 saturated carbocycles. The molecule has 1 aliphatic heterocycles. The molecule has 0 bridgehead atoms. The van der Waals surface area contributed by atoms with Crippen molar-refractivity contribution in [3.8, 4) is 0 Å². The second-order valence-corrected chi connectivity index (χ2v) is 14.7. The smallest absolute Gasteiger partial charge is 0.462 e. The van der Waals surface area contributed by atoms with Crippen molar-refractivity contribution in [2.75, 3.05) is 13.2 Å². The maximum Gasteiger partial charge on any atom is 0.469 e. The minimum atomic E-state index is -4.75. The van der Waals surface area contributed by atoms with Crippen molar-refractivity contribution in [1.29, 1.82) is 0 Å². The highest BCUT2D eigenvalue weighted by molar-refractivity contribution is 7.46. The Kier molecular flexibility index (Phi) is 25.7. The van der Waals surface area contributed by atoms with Crippen LogP contribution in [0.3, 0.4) is 0 Å². The Hall–Kier alpha value is -1.25. The number of phosphoric ester groups is 1. The number of ether oxygens (including phenoxy) is 3. The van der Waals surface area contributed by atoms with E-state index in [4.69, 9.17) is 24.0 Å². The number of rotatable bonds is 32. The van der Waals surface area contributed by atoms with Gasteiger partial charge in [0.25, 0.3) is 0 Å². The van der Waals surface area contributed by atoms with Gasteiger partial charge in [-0.05, 0) is 44.4 Å². The fraction of sp³-hybridized carbons (Fsp3) is 0.889. The zero-order chi connectivity index (χ0) is 33.9. The van der Waals surface area contributed by atoms with Gasteiger partial charge >= 0.3 is 19.8 Å². The monoisotopic (exact) mass is 674 g/mol. The molecule has 1 saturated heterocycles. The van der Waals surface area contributed by atoms with Crippen LogP contribution < -0.4 is 0 Å². The zero-order valence-electron chi connectivity index (χ0n) is 29.3. The Morgan fingerprint density at radius 3 is 1.93 bits per heavy atom. The molecule has 0 aliphatic carbocycles. The first-order valence-corrected chi connectivity index (χ1v) is 20.0. The quantitative estimate of drug-likeness (QED) is 0.0235. The predicted octanol–water partition coefficient (Wildman–Crippen LogP) is 9.52. The molecule has 1 rings (SSSR count). The number of allylic oxidation sites excluding steroid dienone is 1. The highest BCUT2D eigenvalue weighted by Crippen LogP contribution is 2.36. The molecule has 1 heterocycles. The Morgan fingerprint density at radius 1 is 0.739 bits per heavy atom. The fourth-order valence-corrected chi connectivity index (χ4v) is 5.87. The molecule has 1 aliphatic rings. The summed E-state index contributed by atoms with van der Waals surface area (Å²) < 4.78 is 32.0. The van der Waals surface area contributed by atoms with Crippen LogP contribution in [0.2, 0.25) is 0 Å².